The smallest absolute Gasteiger partial charge is 0.276 e. The van der Waals surface area contributed by atoms with Gasteiger partial charge in [-0.2, -0.15) is 0 Å². The van der Waals surface area contributed by atoms with Crippen molar-refractivity contribution in [1.29, 1.82) is 0 Å². The number of halogens is 2. The maximum atomic E-state index is 12.0. The van der Waals surface area contributed by atoms with Crippen LogP contribution in [0.15, 0.2) is 39.3 Å². The van der Waals surface area contributed by atoms with Crippen LogP contribution in [0.1, 0.15) is 29.5 Å². The van der Waals surface area contributed by atoms with Gasteiger partial charge in [0.25, 0.3) is 5.91 Å². The summed E-state index contributed by atoms with van der Waals surface area (Å²) in [6, 6.07) is 9.28. The Bertz CT molecular complexity index is 940. The van der Waals surface area contributed by atoms with E-state index in [2.05, 4.69) is 48.0 Å². The SMILES string of the molecule is Cc1ccc(NC(=O)CCC(=O)NNC(=O)COc2c(C)cc(Br)cc2Br)cc1C. The Balaban J connectivity index is 1.70. The number of carbonyl (C=O) groups excluding carboxylic acids is 3. The zero-order valence-electron chi connectivity index (χ0n) is 16.9. The molecule has 0 aliphatic rings. The second kappa shape index (κ2) is 11.1. The lowest BCUT2D eigenvalue weighted by molar-refractivity contribution is -0.130. The van der Waals surface area contributed by atoms with E-state index in [1.54, 1.807) is 0 Å². The zero-order chi connectivity index (χ0) is 22.3. The van der Waals surface area contributed by atoms with Crippen LogP contribution in [0.5, 0.6) is 5.75 Å². The Kier molecular flexibility index (Phi) is 8.86. The summed E-state index contributed by atoms with van der Waals surface area (Å²) in [5.74, 6) is -0.724. The molecule has 7 nitrogen and oxygen atoms in total. The van der Waals surface area contributed by atoms with Crippen molar-refractivity contribution in [2.45, 2.75) is 33.6 Å². The highest BCUT2D eigenvalue weighted by Crippen LogP contribution is 2.32. The molecule has 9 heteroatoms. The first-order valence-electron chi connectivity index (χ1n) is 9.19. The molecule has 0 saturated heterocycles. The highest BCUT2D eigenvalue weighted by Gasteiger charge is 2.12. The molecule has 30 heavy (non-hydrogen) atoms. The first kappa shape index (κ1) is 23.9. The highest BCUT2D eigenvalue weighted by molar-refractivity contribution is 9.11. The summed E-state index contributed by atoms with van der Waals surface area (Å²) in [6.45, 7) is 5.53. The van der Waals surface area contributed by atoms with E-state index in [1.165, 1.54) is 0 Å². The van der Waals surface area contributed by atoms with Gasteiger partial charge in [0.2, 0.25) is 11.8 Å². The van der Waals surface area contributed by atoms with Crippen LogP contribution in [-0.2, 0) is 14.4 Å². The third-order valence-electron chi connectivity index (χ3n) is 4.25. The third kappa shape index (κ3) is 7.46. The van der Waals surface area contributed by atoms with E-state index >= 15 is 0 Å². The fourth-order valence-corrected chi connectivity index (χ4v) is 4.07. The molecular weight excluding hydrogens is 518 g/mol. The topological polar surface area (TPSA) is 96.5 Å². The van der Waals surface area contributed by atoms with E-state index < -0.39 is 11.8 Å². The number of hydrazine groups is 1. The van der Waals surface area contributed by atoms with Gasteiger partial charge in [-0.3, -0.25) is 25.2 Å². The van der Waals surface area contributed by atoms with E-state index in [0.29, 0.717) is 15.9 Å². The average Bonchev–Trinajstić information content (AvgIpc) is 2.66. The molecule has 0 fully saturated rings. The van der Waals surface area contributed by atoms with Crippen LogP contribution in [-0.4, -0.2) is 24.3 Å². The highest BCUT2D eigenvalue weighted by atomic mass is 79.9. The molecule has 0 aromatic heterocycles. The molecule has 0 bridgehead atoms. The number of nitrogens with one attached hydrogen (secondary N) is 3. The van der Waals surface area contributed by atoms with Gasteiger partial charge >= 0.3 is 0 Å². The molecule has 0 heterocycles. The first-order valence-corrected chi connectivity index (χ1v) is 10.8. The summed E-state index contributed by atoms with van der Waals surface area (Å²) >= 11 is 6.76. The molecule has 0 aliphatic heterocycles. The van der Waals surface area contributed by atoms with Crippen molar-refractivity contribution in [1.82, 2.24) is 10.9 Å². The van der Waals surface area contributed by atoms with E-state index in [9.17, 15) is 14.4 Å². The van der Waals surface area contributed by atoms with Crippen LogP contribution < -0.4 is 20.9 Å². The molecule has 160 valence electrons. The predicted molar refractivity (Wildman–Crippen MR) is 122 cm³/mol. The van der Waals surface area contributed by atoms with Crippen molar-refractivity contribution < 1.29 is 19.1 Å². The quantitative estimate of drug-likeness (QED) is 0.461. The van der Waals surface area contributed by atoms with Crippen molar-refractivity contribution >= 4 is 55.3 Å². The summed E-state index contributed by atoms with van der Waals surface area (Å²) in [5, 5.41) is 2.75. The number of amides is 3. The largest absolute Gasteiger partial charge is 0.482 e. The number of aryl methyl sites for hydroxylation is 3. The molecule has 0 saturated carbocycles. The molecule has 0 aliphatic carbocycles. The Morgan fingerprint density at radius 1 is 0.833 bits per heavy atom. The summed E-state index contributed by atoms with van der Waals surface area (Å²) in [5.41, 5.74) is 8.28. The monoisotopic (exact) mass is 539 g/mol. The molecule has 3 amide bonds. The molecule has 0 spiro atoms. The molecule has 2 aromatic rings. The predicted octanol–water partition coefficient (Wildman–Crippen LogP) is 4.08. The molecule has 0 atom stereocenters. The Morgan fingerprint density at radius 3 is 2.17 bits per heavy atom. The maximum absolute atomic E-state index is 12.0. The van der Waals surface area contributed by atoms with Crippen LogP contribution >= 0.6 is 31.9 Å². The fraction of sp³-hybridized carbons (Fsp3) is 0.286. The van der Waals surface area contributed by atoms with Gasteiger partial charge in [-0.15, -0.1) is 0 Å². The average molecular weight is 541 g/mol. The van der Waals surface area contributed by atoms with Gasteiger partial charge in [0.1, 0.15) is 5.75 Å². The van der Waals surface area contributed by atoms with Gasteiger partial charge in [0.15, 0.2) is 6.61 Å². The van der Waals surface area contributed by atoms with E-state index in [0.717, 1.165) is 21.2 Å². The molecule has 2 rings (SSSR count). The van der Waals surface area contributed by atoms with E-state index in [1.807, 2.05) is 51.1 Å². The van der Waals surface area contributed by atoms with Crippen LogP contribution in [0.25, 0.3) is 0 Å². The van der Waals surface area contributed by atoms with Crippen molar-refractivity contribution in [2.24, 2.45) is 0 Å². The van der Waals surface area contributed by atoms with Gasteiger partial charge in [-0.05, 0) is 77.7 Å². The van der Waals surface area contributed by atoms with Crippen molar-refractivity contribution in [2.75, 3.05) is 11.9 Å². The van der Waals surface area contributed by atoms with E-state index in [4.69, 9.17) is 4.74 Å². The molecule has 3 N–H and O–H groups in total. The third-order valence-corrected chi connectivity index (χ3v) is 5.30. The summed E-state index contributed by atoms with van der Waals surface area (Å²) in [7, 11) is 0. The lowest BCUT2D eigenvalue weighted by atomic mass is 10.1. The van der Waals surface area contributed by atoms with E-state index in [-0.39, 0.29) is 25.4 Å². The second-order valence-corrected chi connectivity index (χ2v) is 8.54. The van der Waals surface area contributed by atoms with Crippen molar-refractivity contribution in [3.63, 3.8) is 0 Å². The Hall–Kier alpha value is -2.39. The number of anilines is 1. The first-order chi connectivity index (χ1) is 14.2. The molecule has 2 aromatic carbocycles. The lowest BCUT2D eigenvalue weighted by Crippen LogP contribution is -2.44. The minimum Gasteiger partial charge on any atom is -0.482 e. The number of carbonyl (C=O) groups is 3. The number of ether oxygens (including phenoxy) is 1. The second-order valence-electron chi connectivity index (χ2n) is 6.77. The summed E-state index contributed by atoms with van der Waals surface area (Å²) < 4.78 is 7.10. The molecular formula is C21H23Br2N3O4. The van der Waals surface area contributed by atoms with Gasteiger partial charge < -0.3 is 10.1 Å². The van der Waals surface area contributed by atoms with Gasteiger partial charge in [0.05, 0.1) is 4.47 Å². The van der Waals surface area contributed by atoms with Crippen LogP contribution in [0.3, 0.4) is 0 Å². The standard InChI is InChI=1S/C21H23Br2N3O4/c1-12-4-5-16(9-13(12)2)24-18(27)6-7-19(28)25-26-20(29)11-30-21-14(3)8-15(22)10-17(21)23/h4-5,8-10H,6-7,11H2,1-3H3,(H,24,27)(H,25,28)(H,26,29). The van der Waals surface area contributed by atoms with Crippen molar-refractivity contribution in [3.05, 3.63) is 56.0 Å². The van der Waals surface area contributed by atoms with Gasteiger partial charge in [0, 0.05) is 23.0 Å². The summed E-state index contributed by atoms with van der Waals surface area (Å²) in [4.78, 5) is 35.8. The minimum absolute atomic E-state index is 0.00381. The number of hydrogen-bond acceptors (Lipinski definition) is 4. The minimum atomic E-state index is -0.517. The summed E-state index contributed by atoms with van der Waals surface area (Å²) in [6.07, 6.45) is -0.0641. The number of benzene rings is 2. The molecule has 0 unspecified atom stereocenters. The van der Waals surface area contributed by atoms with Gasteiger partial charge in [-0.25, -0.2) is 0 Å². The lowest BCUT2D eigenvalue weighted by Gasteiger charge is -2.12. The van der Waals surface area contributed by atoms with Crippen LogP contribution in [0.4, 0.5) is 5.69 Å². The van der Waals surface area contributed by atoms with Crippen LogP contribution in [0.2, 0.25) is 0 Å². The normalized spacial score (nSPS) is 10.3. The van der Waals surface area contributed by atoms with Gasteiger partial charge in [-0.1, -0.05) is 22.0 Å². The zero-order valence-corrected chi connectivity index (χ0v) is 20.1. The van der Waals surface area contributed by atoms with Crippen LogP contribution in [0, 0.1) is 20.8 Å². The molecule has 0 radical (unpaired) electrons. The van der Waals surface area contributed by atoms with Crippen molar-refractivity contribution in [3.8, 4) is 5.75 Å². The number of hydrogen-bond donors (Lipinski definition) is 3. The Labute approximate surface area is 192 Å². The number of rotatable bonds is 7. The fourth-order valence-electron chi connectivity index (χ4n) is 2.52. The Morgan fingerprint density at radius 2 is 1.50 bits per heavy atom. The maximum Gasteiger partial charge on any atom is 0.276 e.